The average Bonchev–Trinajstić information content (AvgIpc) is 2.38. The molecule has 0 atom stereocenters. The van der Waals surface area contributed by atoms with E-state index in [0.29, 0.717) is 5.82 Å². The number of rotatable bonds is 1. The molecule has 0 saturated carbocycles. The van der Waals surface area contributed by atoms with Gasteiger partial charge in [0.05, 0.1) is 5.69 Å². The number of nitrogens with zero attached hydrogens (tertiary/aromatic N) is 1. The summed E-state index contributed by atoms with van der Waals surface area (Å²) >= 11 is 7.50. The minimum atomic E-state index is 0.00548. The van der Waals surface area contributed by atoms with Gasteiger partial charge in [-0.05, 0) is 53.0 Å². The SMILES string of the molecule is O=c1[nH]c(-c2ccc(Br)cc2I)nc2c1CSCC2. The molecule has 1 N–H and O–H groups in total. The van der Waals surface area contributed by atoms with E-state index in [1.54, 1.807) is 11.8 Å². The number of thioether (sulfide) groups is 1. The molecule has 3 nitrogen and oxygen atoms in total. The van der Waals surface area contributed by atoms with Gasteiger partial charge in [0.2, 0.25) is 0 Å². The fraction of sp³-hybridized carbons (Fsp3) is 0.231. The Morgan fingerprint density at radius 1 is 1.42 bits per heavy atom. The van der Waals surface area contributed by atoms with Crippen LogP contribution in [0.2, 0.25) is 0 Å². The lowest BCUT2D eigenvalue weighted by Gasteiger charge is -2.15. The largest absolute Gasteiger partial charge is 0.306 e. The summed E-state index contributed by atoms with van der Waals surface area (Å²) in [4.78, 5) is 19.7. The van der Waals surface area contributed by atoms with Crippen molar-refractivity contribution in [2.24, 2.45) is 0 Å². The summed E-state index contributed by atoms with van der Waals surface area (Å²) in [6.07, 6.45) is 0.879. The zero-order valence-corrected chi connectivity index (χ0v) is 14.4. The summed E-state index contributed by atoms with van der Waals surface area (Å²) in [6.45, 7) is 0. The van der Waals surface area contributed by atoms with Gasteiger partial charge in [0, 0.05) is 24.9 Å². The molecule has 0 spiro atoms. The van der Waals surface area contributed by atoms with Crippen molar-refractivity contribution >= 4 is 50.3 Å². The predicted molar refractivity (Wildman–Crippen MR) is 90.6 cm³/mol. The highest BCUT2D eigenvalue weighted by Crippen LogP contribution is 2.27. The number of hydrogen-bond acceptors (Lipinski definition) is 3. The number of nitrogens with one attached hydrogen (secondary N) is 1. The molecule has 2 aromatic rings. The van der Waals surface area contributed by atoms with Crippen LogP contribution in [0.4, 0.5) is 0 Å². The van der Waals surface area contributed by atoms with E-state index in [1.165, 1.54) is 0 Å². The molecule has 0 saturated heterocycles. The highest BCUT2D eigenvalue weighted by Gasteiger charge is 2.17. The van der Waals surface area contributed by atoms with Crippen molar-refractivity contribution in [1.82, 2.24) is 9.97 Å². The highest BCUT2D eigenvalue weighted by atomic mass is 127. The lowest BCUT2D eigenvalue weighted by atomic mass is 10.1. The van der Waals surface area contributed by atoms with E-state index < -0.39 is 0 Å². The molecule has 0 amide bonds. The molecule has 6 heteroatoms. The molecule has 0 bridgehead atoms. The van der Waals surface area contributed by atoms with Crippen molar-refractivity contribution in [3.8, 4) is 11.4 Å². The second kappa shape index (κ2) is 5.57. The molecule has 1 aliphatic heterocycles. The van der Waals surface area contributed by atoms with Crippen LogP contribution in [0, 0.1) is 3.57 Å². The van der Waals surface area contributed by atoms with Gasteiger partial charge in [-0.25, -0.2) is 4.98 Å². The molecule has 0 unspecified atom stereocenters. The van der Waals surface area contributed by atoms with Gasteiger partial charge in [0.1, 0.15) is 5.82 Å². The lowest BCUT2D eigenvalue weighted by Crippen LogP contribution is -2.21. The first kappa shape index (κ1) is 13.6. The Balaban J connectivity index is 2.15. The first-order chi connectivity index (χ1) is 9.15. The number of fused-ring (bicyclic) bond motifs is 1. The number of halogens is 2. The summed E-state index contributed by atoms with van der Waals surface area (Å²) in [7, 11) is 0. The Bertz CT molecular complexity index is 702. The van der Waals surface area contributed by atoms with Gasteiger partial charge >= 0.3 is 0 Å². The van der Waals surface area contributed by atoms with Crippen LogP contribution in [0.25, 0.3) is 11.4 Å². The second-order valence-corrected chi connectivity index (χ2v) is 7.45. The van der Waals surface area contributed by atoms with E-state index in [1.807, 2.05) is 18.2 Å². The normalized spacial score (nSPS) is 14.2. The van der Waals surface area contributed by atoms with Gasteiger partial charge in [-0.1, -0.05) is 15.9 Å². The van der Waals surface area contributed by atoms with E-state index in [-0.39, 0.29) is 5.56 Å². The third kappa shape index (κ3) is 2.75. The molecule has 98 valence electrons. The lowest BCUT2D eigenvalue weighted by molar-refractivity contribution is 0.938. The maximum atomic E-state index is 12.1. The molecule has 0 aliphatic carbocycles. The number of benzene rings is 1. The number of aryl methyl sites for hydroxylation is 1. The van der Waals surface area contributed by atoms with Crippen molar-refractivity contribution < 1.29 is 0 Å². The van der Waals surface area contributed by atoms with E-state index in [9.17, 15) is 4.79 Å². The molecule has 1 aromatic carbocycles. The number of aromatic amines is 1. The summed E-state index contributed by atoms with van der Waals surface area (Å²) in [6, 6.07) is 5.96. The number of H-pyrrole nitrogens is 1. The zero-order chi connectivity index (χ0) is 13.4. The molecule has 0 fully saturated rings. The fourth-order valence-corrected chi connectivity index (χ4v) is 4.60. The Labute approximate surface area is 136 Å². The van der Waals surface area contributed by atoms with E-state index in [2.05, 4.69) is 48.5 Å². The fourth-order valence-electron chi connectivity index (χ4n) is 2.05. The summed E-state index contributed by atoms with van der Waals surface area (Å²) < 4.78 is 2.10. The Kier molecular flexibility index (Phi) is 4.00. The van der Waals surface area contributed by atoms with Crippen molar-refractivity contribution in [3.05, 3.63) is 47.9 Å². The average molecular weight is 449 g/mol. The van der Waals surface area contributed by atoms with Crippen LogP contribution in [0.1, 0.15) is 11.3 Å². The van der Waals surface area contributed by atoms with Gasteiger partial charge in [0.25, 0.3) is 5.56 Å². The summed E-state index contributed by atoms with van der Waals surface area (Å²) in [5.74, 6) is 2.49. The van der Waals surface area contributed by atoms with Gasteiger partial charge in [0.15, 0.2) is 0 Å². The first-order valence-electron chi connectivity index (χ1n) is 5.80. The second-order valence-electron chi connectivity index (χ2n) is 4.27. The smallest absolute Gasteiger partial charge is 0.255 e. The van der Waals surface area contributed by atoms with Crippen LogP contribution >= 0.6 is 50.3 Å². The Hall–Kier alpha value is -0.340. The van der Waals surface area contributed by atoms with E-state index >= 15 is 0 Å². The van der Waals surface area contributed by atoms with Crippen molar-refractivity contribution in [2.45, 2.75) is 12.2 Å². The van der Waals surface area contributed by atoms with Crippen LogP contribution < -0.4 is 5.56 Å². The molecule has 2 heterocycles. The Morgan fingerprint density at radius 2 is 2.26 bits per heavy atom. The molecule has 1 aliphatic rings. The first-order valence-corrected chi connectivity index (χ1v) is 8.83. The van der Waals surface area contributed by atoms with E-state index in [0.717, 1.165) is 42.8 Å². The maximum absolute atomic E-state index is 12.1. The monoisotopic (exact) mass is 448 g/mol. The molecular weight excluding hydrogens is 439 g/mol. The molecule has 1 aromatic heterocycles. The third-order valence-electron chi connectivity index (χ3n) is 3.02. The number of aromatic nitrogens is 2. The predicted octanol–water partition coefficient (Wildman–Crippen LogP) is 3.59. The molecular formula is C13H10BrIN2OS. The third-order valence-corrected chi connectivity index (χ3v) is 5.39. The topological polar surface area (TPSA) is 45.8 Å². The van der Waals surface area contributed by atoms with Crippen molar-refractivity contribution in [2.75, 3.05) is 5.75 Å². The number of hydrogen-bond donors (Lipinski definition) is 1. The molecule has 0 radical (unpaired) electrons. The van der Waals surface area contributed by atoms with Crippen LogP contribution in [0.5, 0.6) is 0 Å². The van der Waals surface area contributed by atoms with Gasteiger partial charge in [-0.15, -0.1) is 0 Å². The van der Waals surface area contributed by atoms with Crippen molar-refractivity contribution in [1.29, 1.82) is 0 Å². The summed E-state index contributed by atoms with van der Waals surface area (Å²) in [5.41, 5.74) is 2.77. The molecule has 19 heavy (non-hydrogen) atoms. The van der Waals surface area contributed by atoms with Crippen LogP contribution in [0.15, 0.2) is 27.5 Å². The van der Waals surface area contributed by atoms with Gasteiger partial charge in [-0.3, -0.25) is 4.79 Å². The minimum absolute atomic E-state index is 0.00548. The minimum Gasteiger partial charge on any atom is -0.306 e. The van der Waals surface area contributed by atoms with Gasteiger partial charge < -0.3 is 4.98 Å². The van der Waals surface area contributed by atoms with E-state index in [4.69, 9.17) is 0 Å². The van der Waals surface area contributed by atoms with Crippen LogP contribution in [-0.2, 0) is 12.2 Å². The van der Waals surface area contributed by atoms with Crippen LogP contribution in [0.3, 0.4) is 0 Å². The van der Waals surface area contributed by atoms with Crippen molar-refractivity contribution in [3.63, 3.8) is 0 Å². The quantitative estimate of drug-likeness (QED) is 0.678. The zero-order valence-electron chi connectivity index (χ0n) is 9.87. The van der Waals surface area contributed by atoms with Crippen LogP contribution in [-0.4, -0.2) is 15.7 Å². The molecule has 3 rings (SSSR count). The highest BCUT2D eigenvalue weighted by molar-refractivity contribution is 14.1. The standard InChI is InChI=1S/C13H10BrIN2OS/c14-7-1-2-8(10(15)5-7)12-16-11-3-4-19-6-9(11)13(18)17-12/h1-2,5H,3-4,6H2,(H,16,17,18). The Morgan fingerprint density at radius 3 is 3.05 bits per heavy atom. The summed E-state index contributed by atoms with van der Waals surface area (Å²) in [5, 5.41) is 0. The maximum Gasteiger partial charge on any atom is 0.255 e. The van der Waals surface area contributed by atoms with Gasteiger partial charge in [-0.2, -0.15) is 11.8 Å².